The summed E-state index contributed by atoms with van der Waals surface area (Å²) in [6.07, 6.45) is 1.13. The summed E-state index contributed by atoms with van der Waals surface area (Å²) in [4.78, 5) is 0. The van der Waals surface area contributed by atoms with Crippen LogP contribution in [0.1, 0.15) is 41.6 Å². The summed E-state index contributed by atoms with van der Waals surface area (Å²) in [6.45, 7) is 7.51. The zero-order chi connectivity index (χ0) is 14.5. The summed E-state index contributed by atoms with van der Waals surface area (Å²) in [5.41, 5.74) is 5.26. The minimum atomic E-state index is 0.242. The van der Waals surface area contributed by atoms with Crippen molar-refractivity contribution in [2.45, 2.75) is 33.2 Å². The molecule has 20 heavy (non-hydrogen) atoms. The molecule has 2 rings (SSSR count). The van der Waals surface area contributed by atoms with E-state index >= 15 is 0 Å². The molecule has 2 aromatic rings. The van der Waals surface area contributed by atoms with Crippen LogP contribution in [0.25, 0.3) is 0 Å². The van der Waals surface area contributed by atoms with E-state index in [-0.39, 0.29) is 6.04 Å². The van der Waals surface area contributed by atoms with Gasteiger partial charge in [-0.3, -0.25) is 0 Å². The lowest BCUT2D eigenvalue weighted by molar-refractivity contribution is 0.594. The lowest BCUT2D eigenvalue weighted by Gasteiger charge is -2.23. The Balaban J connectivity index is 2.44. The van der Waals surface area contributed by atoms with Gasteiger partial charge in [0.15, 0.2) is 0 Å². The van der Waals surface area contributed by atoms with Gasteiger partial charge in [0.05, 0.1) is 6.04 Å². The molecule has 0 spiro atoms. The second kappa shape index (κ2) is 7.05. The highest BCUT2D eigenvalue weighted by atomic mass is 79.9. The molecule has 106 valence electrons. The monoisotopic (exact) mass is 331 g/mol. The van der Waals surface area contributed by atoms with Crippen LogP contribution in [0, 0.1) is 13.8 Å². The summed E-state index contributed by atoms with van der Waals surface area (Å²) in [5, 5.41) is 3.67. The van der Waals surface area contributed by atoms with E-state index in [0.717, 1.165) is 13.0 Å². The molecule has 1 nitrogen and oxygen atoms in total. The van der Waals surface area contributed by atoms with Gasteiger partial charge in [-0.2, -0.15) is 0 Å². The molecule has 0 bridgehead atoms. The van der Waals surface area contributed by atoms with Gasteiger partial charge in [-0.05, 0) is 55.1 Å². The maximum absolute atomic E-state index is 3.72. The van der Waals surface area contributed by atoms with Crippen LogP contribution in [0.15, 0.2) is 46.9 Å². The summed E-state index contributed by atoms with van der Waals surface area (Å²) in [7, 11) is 0. The normalized spacial score (nSPS) is 12.4. The van der Waals surface area contributed by atoms with Gasteiger partial charge in [0.2, 0.25) is 0 Å². The third-order valence-electron chi connectivity index (χ3n) is 3.56. The van der Waals surface area contributed by atoms with Crippen LogP contribution in [0.2, 0.25) is 0 Å². The maximum Gasteiger partial charge on any atom is 0.0590 e. The molecular formula is C18H22BrN. The standard InChI is InChI=1S/C18H22BrN/c1-4-11-20-18(15-8-6-5-7-14(15)3)16-10-9-13(2)12-17(16)19/h5-10,12,18,20H,4,11H2,1-3H3. The van der Waals surface area contributed by atoms with Crippen molar-refractivity contribution < 1.29 is 0 Å². The van der Waals surface area contributed by atoms with Crippen LogP contribution in [0.5, 0.6) is 0 Å². The lowest BCUT2D eigenvalue weighted by atomic mass is 9.94. The van der Waals surface area contributed by atoms with Crippen molar-refractivity contribution in [3.05, 3.63) is 69.2 Å². The van der Waals surface area contributed by atoms with Crippen molar-refractivity contribution >= 4 is 15.9 Å². The predicted molar refractivity (Wildman–Crippen MR) is 90.2 cm³/mol. The molecule has 1 N–H and O–H groups in total. The predicted octanol–water partition coefficient (Wildman–Crippen LogP) is 5.15. The maximum atomic E-state index is 3.72. The molecule has 0 heterocycles. The van der Waals surface area contributed by atoms with Crippen molar-refractivity contribution in [3.8, 4) is 0 Å². The number of hydrogen-bond acceptors (Lipinski definition) is 1. The van der Waals surface area contributed by atoms with Crippen molar-refractivity contribution in [1.82, 2.24) is 5.32 Å². The second-order valence-electron chi connectivity index (χ2n) is 5.27. The van der Waals surface area contributed by atoms with E-state index < -0.39 is 0 Å². The Morgan fingerprint density at radius 1 is 1.05 bits per heavy atom. The summed E-state index contributed by atoms with van der Waals surface area (Å²) < 4.78 is 1.18. The lowest BCUT2D eigenvalue weighted by Crippen LogP contribution is -2.24. The highest BCUT2D eigenvalue weighted by Crippen LogP contribution is 2.31. The van der Waals surface area contributed by atoms with Gasteiger partial charge in [0, 0.05) is 4.47 Å². The SMILES string of the molecule is CCCNC(c1ccccc1C)c1ccc(C)cc1Br. The fraction of sp³-hybridized carbons (Fsp3) is 0.333. The molecule has 0 radical (unpaired) electrons. The number of benzene rings is 2. The Kier molecular flexibility index (Phi) is 5.38. The molecule has 1 unspecified atom stereocenters. The second-order valence-corrected chi connectivity index (χ2v) is 6.12. The van der Waals surface area contributed by atoms with Crippen LogP contribution in [-0.4, -0.2) is 6.54 Å². The molecule has 0 aliphatic carbocycles. The first kappa shape index (κ1) is 15.3. The average Bonchev–Trinajstić information content (AvgIpc) is 2.42. The minimum Gasteiger partial charge on any atom is -0.306 e. The molecule has 0 saturated carbocycles. The van der Waals surface area contributed by atoms with Crippen LogP contribution >= 0.6 is 15.9 Å². The summed E-state index contributed by atoms with van der Waals surface area (Å²) >= 11 is 3.72. The van der Waals surface area contributed by atoms with Crippen LogP contribution in [-0.2, 0) is 0 Å². The molecule has 1 atom stereocenters. The van der Waals surface area contributed by atoms with Gasteiger partial charge in [0.1, 0.15) is 0 Å². The van der Waals surface area contributed by atoms with Gasteiger partial charge in [-0.1, -0.05) is 59.3 Å². The van der Waals surface area contributed by atoms with Crippen LogP contribution < -0.4 is 5.32 Å². The number of hydrogen-bond donors (Lipinski definition) is 1. The molecule has 2 heteroatoms. The molecule has 0 amide bonds. The summed E-state index contributed by atoms with van der Waals surface area (Å²) in [6, 6.07) is 15.4. The van der Waals surface area contributed by atoms with Gasteiger partial charge in [0.25, 0.3) is 0 Å². The van der Waals surface area contributed by atoms with E-state index in [1.54, 1.807) is 0 Å². The first-order valence-corrected chi connectivity index (χ1v) is 7.97. The van der Waals surface area contributed by atoms with Gasteiger partial charge < -0.3 is 5.32 Å². The highest BCUT2D eigenvalue weighted by molar-refractivity contribution is 9.10. The van der Waals surface area contributed by atoms with Crippen molar-refractivity contribution in [3.63, 3.8) is 0 Å². The summed E-state index contributed by atoms with van der Waals surface area (Å²) in [5.74, 6) is 0. The fourth-order valence-corrected chi connectivity index (χ4v) is 3.18. The van der Waals surface area contributed by atoms with Gasteiger partial charge in [-0.15, -0.1) is 0 Å². The molecule has 2 aromatic carbocycles. The van der Waals surface area contributed by atoms with E-state index in [0.29, 0.717) is 0 Å². The Hall–Kier alpha value is -1.12. The molecular weight excluding hydrogens is 310 g/mol. The first-order chi connectivity index (χ1) is 9.63. The molecule has 0 aliphatic rings. The van der Waals surface area contributed by atoms with Gasteiger partial charge in [-0.25, -0.2) is 0 Å². The number of nitrogens with one attached hydrogen (secondary N) is 1. The Morgan fingerprint density at radius 3 is 2.45 bits per heavy atom. The zero-order valence-corrected chi connectivity index (χ0v) is 14.0. The largest absolute Gasteiger partial charge is 0.306 e. The van der Waals surface area contributed by atoms with E-state index in [9.17, 15) is 0 Å². The van der Waals surface area contributed by atoms with E-state index in [2.05, 4.69) is 84.5 Å². The van der Waals surface area contributed by atoms with Crippen LogP contribution in [0.3, 0.4) is 0 Å². The van der Waals surface area contributed by atoms with Gasteiger partial charge >= 0.3 is 0 Å². The third-order valence-corrected chi connectivity index (χ3v) is 4.25. The Morgan fingerprint density at radius 2 is 1.80 bits per heavy atom. The molecule has 0 aromatic heterocycles. The Labute approximate surface area is 130 Å². The van der Waals surface area contributed by atoms with Crippen LogP contribution in [0.4, 0.5) is 0 Å². The first-order valence-electron chi connectivity index (χ1n) is 7.18. The molecule has 0 fully saturated rings. The quantitative estimate of drug-likeness (QED) is 0.798. The number of rotatable bonds is 5. The minimum absolute atomic E-state index is 0.242. The Bertz CT molecular complexity index is 577. The van der Waals surface area contributed by atoms with Crippen molar-refractivity contribution in [2.24, 2.45) is 0 Å². The number of aryl methyl sites for hydroxylation is 2. The average molecular weight is 332 g/mol. The van der Waals surface area contributed by atoms with Crippen molar-refractivity contribution in [1.29, 1.82) is 0 Å². The van der Waals surface area contributed by atoms with Crippen molar-refractivity contribution in [2.75, 3.05) is 6.54 Å². The van der Waals surface area contributed by atoms with E-state index in [1.807, 2.05) is 0 Å². The van der Waals surface area contributed by atoms with E-state index in [4.69, 9.17) is 0 Å². The third kappa shape index (κ3) is 3.50. The number of halogens is 1. The molecule has 0 aliphatic heterocycles. The highest BCUT2D eigenvalue weighted by Gasteiger charge is 2.17. The van der Waals surface area contributed by atoms with E-state index in [1.165, 1.54) is 26.7 Å². The smallest absolute Gasteiger partial charge is 0.0590 e. The zero-order valence-electron chi connectivity index (χ0n) is 12.4. The fourth-order valence-electron chi connectivity index (χ4n) is 2.45. The molecule has 0 saturated heterocycles. The topological polar surface area (TPSA) is 12.0 Å².